The monoisotopic (exact) mass is 626 g/mol. The fourth-order valence-electron chi connectivity index (χ4n) is 7.82. The Morgan fingerprint density at radius 2 is 1.33 bits per heavy atom. The van der Waals surface area contributed by atoms with Gasteiger partial charge in [0.05, 0.1) is 44.1 Å². The largest absolute Gasteiger partial charge is 0.291 e. The third kappa shape index (κ3) is 3.77. The van der Waals surface area contributed by atoms with Crippen LogP contribution in [0.15, 0.2) is 140 Å². The van der Waals surface area contributed by atoms with Crippen molar-refractivity contribution in [3.05, 3.63) is 151 Å². The molecule has 11 rings (SSSR count). The molecule has 0 bridgehead atoms. The highest BCUT2D eigenvalue weighted by Crippen LogP contribution is 2.40. The molecule has 228 valence electrons. The van der Waals surface area contributed by atoms with Gasteiger partial charge in [0, 0.05) is 33.9 Å². The van der Waals surface area contributed by atoms with E-state index in [2.05, 4.69) is 129 Å². The summed E-state index contributed by atoms with van der Waals surface area (Å²) in [6.07, 6.45) is 9.29. The number of hydrogen-bond acceptors (Lipinski definition) is 4. The SMILES string of the molecule is C1=Cc2c(cccc2-c2ccc3ccc(-n4c5ccccc5c5ncc6c7ccccc7n(-c7ccc8ncccc8n7)c6c54)nc3c2)C1. The van der Waals surface area contributed by atoms with Gasteiger partial charge in [-0.1, -0.05) is 78.9 Å². The molecule has 0 spiro atoms. The summed E-state index contributed by atoms with van der Waals surface area (Å²) in [5.74, 6) is 1.67. The minimum Gasteiger partial charge on any atom is -0.291 e. The Morgan fingerprint density at radius 1 is 0.551 bits per heavy atom. The third-order valence-electron chi connectivity index (χ3n) is 10.0. The second kappa shape index (κ2) is 9.92. The van der Waals surface area contributed by atoms with Gasteiger partial charge in [-0.3, -0.25) is 19.1 Å². The second-order valence-corrected chi connectivity index (χ2v) is 12.7. The van der Waals surface area contributed by atoms with Crippen LogP contribution in [0.25, 0.3) is 94.5 Å². The highest BCUT2D eigenvalue weighted by molar-refractivity contribution is 6.22. The molecule has 0 unspecified atom stereocenters. The molecule has 0 amide bonds. The van der Waals surface area contributed by atoms with Crippen molar-refractivity contribution in [1.82, 2.24) is 29.1 Å². The Bertz CT molecular complexity index is 3040. The van der Waals surface area contributed by atoms with Crippen molar-refractivity contribution in [2.75, 3.05) is 0 Å². The molecule has 6 aromatic heterocycles. The van der Waals surface area contributed by atoms with Gasteiger partial charge in [-0.2, -0.15) is 0 Å². The highest BCUT2D eigenvalue weighted by atomic mass is 15.1. The van der Waals surface area contributed by atoms with Gasteiger partial charge in [-0.25, -0.2) is 9.97 Å². The van der Waals surface area contributed by atoms with Gasteiger partial charge in [0.1, 0.15) is 11.6 Å². The Kier molecular flexibility index (Phi) is 5.35. The van der Waals surface area contributed by atoms with Gasteiger partial charge in [-0.15, -0.1) is 0 Å². The first-order chi connectivity index (χ1) is 24.3. The molecular formula is C43H26N6. The molecule has 0 N–H and O–H groups in total. The molecule has 6 heteroatoms. The Morgan fingerprint density at radius 3 is 2.24 bits per heavy atom. The predicted molar refractivity (Wildman–Crippen MR) is 199 cm³/mol. The second-order valence-electron chi connectivity index (χ2n) is 12.7. The lowest BCUT2D eigenvalue weighted by atomic mass is 9.96. The summed E-state index contributed by atoms with van der Waals surface area (Å²) in [6.45, 7) is 0. The van der Waals surface area contributed by atoms with Crippen LogP contribution in [0.3, 0.4) is 0 Å². The molecule has 6 nitrogen and oxygen atoms in total. The van der Waals surface area contributed by atoms with E-state index in [0.717, 1.165) is 83.7 Å². The normalized spacial score (nSPS) is 12.7. The molecule has 49 heavy (non-hydrogen) atoms. The minimum absolute atomic E-state index is 0.830. The molecule has 0 saturated heterocycles. The van der Waals surface area contributed by atoms with Crippen LogP contribution in [-0.2, 0) is 6.42 Å². The van der Waals surface area contributed by atoms with E-state index in [0.29, 0.717) is 0 Å². The quantitative estimate of drug-likeness (QED) is 0.196. The fourth-order valence-corrected chi connectivity index (χ4v) is 7.82. The lowest BCUT2D eigenvalue weighted by Crippen LogP contribution is -2.02. The van der Waals surface area contributed by atoms with Crippen LogP contribution in [0, 0.1) is 0 Å². The van der Waals surface area contributed by atoms with Crippen molar-refractivity contribution in [1.29, 1.82) is 0 Å². The summed E-state index contributed by atoms with van der Waals surface area (Å²) in [5.41, 5.74) is 12.8. The van der Waals surface area contributed by atoms with E-state index < -0.39 is 0 Å². The zero-order valence-electron chi connectivity index (χ0n) is 26.2. The molecule has 0 saturated carbocycles. The molecular weight excluding hydrogens is 601 g/mol. The number of para-hydroxylation sites is 2. The number of allylic oxidation sites excluding steroid dienone is 1. The summed E-state index contributed by atoms with van der Waals surface area (Å²) < 4.78 is 4.56. The first kappa shape index (κ1) is 26.4. The van der Waals surface area contributed by atoms with Crippen LogP contribution in [0.1, 0.15) is 11.1 Å². The number of fused-ring (bicyclic) bond motifs is 10. The summed E-state index contributed by atoms with van der Waals surface area (Å²) in [5, 5.41) is 4.36. The van der Waals surface area contributed by atoms with Crippen molar-refractivity contribution in [2.24, 2.45) is 0 Å². The molecule has 0 atom stereocenters. The molecule has 4 aromatic carbocycles. The highest BCUT2D eigenvalue weighted by Gasteiger charge is 2.23. The van der Waals surface area contributed by atoms with Gasteiger partial charge < -0.3 is 0 Å². The lowest BCUT2D eigenvalue weighted by molar-refractivity contribution is 1.07. The molecule has 0 aliphatic heterocycles. The Hall–Kier alpha value is -6.66. The number of aromatic nitrogens is 6. The van der Waals surface area contributed by atoms with E-state index in [4.69, 9.17) is 15.0 Å². The number of benzene rings is 4. The van der Waals surface area contributed by atoms with E-state index in [1.54, 1.807) is 6.20 Å². The zero-order valence-corrected chi connectivity index (χ0v) is 26.2. The zero-order chi connectivity index (χ0) is 32.1. The van der Waals surface area contributed by atoms with Crippen LogP contribution >= 0.6 is 0 Å². The number of hydrogen-bond donors (Lipinski definition) is 0. The Balaban J connectivity index is 1.24. The predicted octanol–water partition coefficient (Wildman–Crippen LogP) is 10.0. The minimum atomic E-state index is 0.830. The summed E-state index contributed by atoms with van der Waals surface area (Å²) in [4.78, 5) is 20.2. The Labute approximate surface area is 280 Å². The van der Waals surface area contributed by atoms with Crippen LogP contribution in [0.4, 0.5) is 0 Å². The van der Waals surface area contributed by atoms with Gasteiger partial charge in [0.25, 0.3) is 0 Å². The maximum absolute atomic E-state index is 5.39. The number of rotatable bonds is 3. The van der Waals surface area contributed by atoms with Crippen LogP contribution in [0.5, 0.6) is 0 Å². The number of nitrogens with zero attached hydrogens (tertiary/aromatic N) is 6. The summed E-state index contributed by atoms with van der Waals surface area (Å²) in [6, 6.07) is 42.6. The number of pyridine rings is 4. The molecule has 6 heterocycles. The van der Waals surface area contributed by atoms with Crippen LogP contribution in [0.2, 0.25) is 0 Å². The van der Waals surface area contributed by atoms with Gasteiger partial charge in [0.15, 0.2) is 0 Å². The smallest absolute Gasteiger partial charge is 0.138 e. The maximum Gasteiger partial charge on any atom is 0.138 e. The van der Waals surface area contributed by atoms with Crippen molar-refractivity contribution < 1.29 is 0 Å². The van der Waals surface area contributed by atoms with Gasteiger partial charge in [-0.05, 0) is 83.3 Å². The van der Waals surface area contributed by atoms with Crippen LogP contribution in [-0.4, -0.2) is 29.1 Å². The first-order valence-corrected chi connectivity index (χ1v) is 16.5. The summed E-state index contributed by atoms with van der Waals surface area (Å²) in [7, 11) is 0. The van der Waals surface area contributed by atoms with E-state index in [9.17, 15) is 0 Å². The fraction of sp³-hybridized carbons (Fsp3) is 0.0233. The maximum atomic E-state index is 5.39. The first-order valence-electron chi connectivity index (χ1n) is 16.5. The molecule has 0 fully saturated rings. The van der Waals surface area contributed by atoms with Crippen molar-refractivity contribution in [3.8, 4) is 22.8 Å². The topological polar surface area (TPSA) is 61.4 Å². The van der Waals surface area contributed by atoms with E-state index >= 15 is 0 Å². The molecule has 1 aliphatic rings. The van der Waals surface area contributed by atoms with Gasteiger partial charge in [0.2, 0.25) is 0 Å². The average Bonchev–Trinajstić information content (AvgIpc) is 3.87. The summed E-state index contributed by atoms with van der Waals surface area (Å²) >= 11 is 0. The van der Waals surface area contributed by atoms with Crippen LogP contribution < -0.4 is 0 Å². The molecule has 1 aliphatic carbocycles. The molecule has 10 aromatic rings. The average molecular weight is 627 g/mol. The van der Waals surface area contributed by atoms with Crippen molar-refractivity contribution in [3.63, 3.8) is 0 Å². The molecule has 0 radical (unpaired) electrons. The van der Waals surface area contributed by atoms with Crippen molar-refractivity contribution >= 4 is 71.8 Å². The van der Waals surface area contributed by atoms with Crippen molar-refractivity contribution in [2.45, 2.75) is 6.42 Å². The standard InChI is InChI=1S/C43H26N6/c1-3-15-37-31(10-1)33-25-45-41-32-11-2-4-16-38(32)49(43(41)42(33)48(37)40-22-20-34-35(46-40)14-7-23-44-34)39-21-19-27-17-18-28(24-36(27)47-39)30-13-6-9-26-8-5-12-29(26)30/h1-7,9-25H,8H2. The van der Waals surface area contributed by atoms with E-state index in [-0.39, 0.29) is 0 Å². The third-order valence-corrected chi connectivity index (χ3v) is 10.0. The van der Waals surface area contributed by atoms with E-state index in [1.807, 2.05) is 24.4 Å². The van der Waals surface area contributed by atoms with Gasteiger partial charge >= 0.3 is 0 Å². The van der Waals surface area contributed by atoms with E-state index in [1.165, 1.54) is 22.3 Å². The lowest BCUT2D eigenvalue weighted by Gasteiger charge is -2.13.